The fraction of sp³-hybridized carbons (Fsp3) is 0.366. The second-order valence-electron chi connectivity index (χ2n) is 47.6. The number of hydrogen-bond acceptors (Lipinski definition) is 4. The molecule has 0 saturated carbocycles. The Morgan fingerprint density at radius 1 is 0.219 bits per heavy atom. The van der Waals surface area contributed by atoms with Gasteiger partial charge >= 0.3 is 0 Å². The summed E-state index contributed by atoms with van der Waals surface area (Å²) in [5.74, 6) is 4.13. The highest BCUT2D eigenvalue weighted by Crippen LogP contribution is 2.57. The van der Waals surface area contributed by atoms with Crippen LogP contribution in [0.3, 0.4) is 0 Å². The fourth-order valence-electron chi connectivity index (χ4n) is 20.3. The number of para-hydroxylation sites is 2. The summed E-state index contributed by atoms with van der Waals surface area (Å²) in [4.78, 5) is 2.78. The van der Waals surface area contributed by atoms with E-state index < -0.39 is 0 Å². The molecule has 0 aliphatic heterocycles. The Labute approximate surface area is 895 Å². The first-order valence-corrected chi connectivity index (χ1v) is 55.4. The number of ether oxygens (including phenoxy) is 2. The lowest BCUT2D eigenvalue weighted by Crippen LogP contribution is -2.50. The molecule has 146 heavy (non-hydrogen) atoms. The predicted octanol–water partition coefficient (Wildman–Crippen LogP) is 39.8. The Morgan fingerprint density at radius 2 is 0.486 bits per heavy atom. The number of rotatable bonds is 33. The summed E-state index contributed by atoms with van der Waals surface area (Å²) in [7, 11) is 0. The van der Waals surface area contributed by atoms with Crippen molar-refractivity contribution in [2.75, 3.05) is 24.7 Å². The van der Waals surface area contributed by atoms with Crippen LogP contribution < -0.4 is 9.47 Å². The minimum Gasteiger partial charge on any atom is -0.493 e. The smallest absolute Gasteiger partial charge is 0.122 e. The van der Waals surface area contributed by atoms with Gasteiger partial charge in [0.25, 0.3) is 0 Å². The highest BCUT2D eigenvalue weighted by Gasteiger charge is 2.53. The van der Waals surface area contributed by atoms with Crippen LogP contribution in [0.25, 0.3) is 0 Å². The van der Waals surface area contributed by atoms with E-state index in [0.717, 1.165) is 42.3 Å². The molecule has 0 N–H and O–H groups in total. The zero-order valence-electron chi connectivity index (χ0n) is 94.5. The largest absolute Gasteiger partial charge is 0.493 e. The van der Waals surface area contributed by atoms with Gasteiger partial charge in [0.15, 0.2) is 0 Å². The lowest BCUT2D eigenvalue weighted by atomic mass is 9.51. The van der Waals surface area contributed by atoms with Gasteiger partial charge in [0.05, 0.1) is 13.2 Å². The molecule has 2 nitrogen and oxygen atoms in total. The highest BCUT2D eigenvalue weighted by molar-refractivity contribution is 7.99. The standard InChI is InChI=1S/C33H36.C30H30O.C30H30S.C17H28.C16H26O.C16H26S/c1-26-17-15-16-24-30(26)31(2,3)25-32(4,27-18-9-6-10-19-27)33(5,28-20-11-7-12-21-28)29-22-13-8-14-23-29;2*1-24-15-13-14-22-28(24)31-23-29(2,25-16-7-4-8-17-25)30(3,26-18-9-5-10-19-26)27-20-11-6-12-21-27;1-14-10-7-8-11-15(14)12-9-13-17(5,6)16(2,3)4;2*1-13-9-7-8-10-14(13)17-12-11-16(5,6)15(2,3)4/h6-24H,25H2,1-5H3;2*4-22H,23H2,1-3H3;7-8,10-11H,9,12-13H2,1-6H3;2*7-10H,11-12H2,1-6H3/t32-;2*29-;;;/m111.../s1. The fourth-order valence-corrected chi connectivity index (χ4v) is 22.9. The van der Waals surface area contributed by atoms with Crippen molar-refractivity contribution in [3.8, 4) is 11.5 Å². The second-order valence-corrected chi connectivity index (χ2v) is 49.7. The van der Waals surface area contributed by atoms with Crippen LogP contribution in [-0.2, 0) is 44.3 Å². The Morgan fingerprint density at radius 3 is 0.836 bits per heavy atom. The van der Waals surface area contributed by atoms with Crippen LogP contribution in [0.2, 0.25) is 0 Å². The first-order valence-electron chi connectivity index (χ1n) is 53.5. The number of thioether (sulfide) groups is 2. The molecule has 0 bridgehead atoms. The van der Waals surface area contributed by atoms with Crippen molar-refractivity contribution in [2.45, 2.75) is 287 Å². The predicted molar refractivity (Wildman–Crippen MR) is 638 cm³/mol. The topological polar surface area (TPSA) is 18.5 Å². The molecule has 4 heteroatoms. The maximum Gasteiger partial charge on any atom is 0.122 e. The third kappa shape index (κ3) is 29.4. The zero-order chi connectivity index (χ0) is 106. The molecule has 0 aliphatic rings. The normalized spacial score (nSPS) is 13.3. The van der Waals surface area contributed by atoms with E-state index in [1.807, 2.05) is 47.8 Å². The summed E-state index contributed by atoms with van der Waals surface area (Å²) in [6.07, 6.45) is 7.14. The van der Waals surface area contributed by atoms with Gasteiger partial charge in [0.1, 0.15) is 11.5 Å². The van der Waals surface area contributed by atoms with Gasteiger partial charge in [-0.25, -0.2) is 0 Å². The summed E-state index contributed by atoms with van der Waals surface area (Å²) in [6.45, 7) is 68.8. The van der Waals surface area contributed by atoms with E-state index in [9.17, 15) is 0 Å². The molecule has 0 heterocycles. The molecule has 0 amide bonds. The molecule has 3 atom stereocenters. The first-order chi connectivity index (χ1) is 69.1. The van der Waals surface area contributed by atoms with E-state index in [-0.39, 0.29) is 43.3 Å². The molecule has 15 aromatic carbocycles. The first kappa shape index (κ1) is 117. The van der Waals surface area contributed by atoms with E-state index >= 15 is 0 Å². The van der Waals surface area contributed by atoms with Crippen LogP contribution in [0.4, 0.5) is 0 Å². The Balaban J connectivity index is 0.000000184. The van der Waals surface area contributed by atoms with E-state index in [1.54, 1.807) is 0 Å². The van der Waals surface area contributed by atoms with Crippen molar-refractivity contribution in [1.29, 1.82) is 0 Å². The summed E-state index contributed by atoms with van der Waals surface area (Å²) in [6, 6.07) is 150. The van der Waals surface area contributed by atoms with E-state index in [2.05, 4.69) is 595 Å². The molecule has 15 aromatic rings. The van der Waals surface area contributed by atoms with Crippen molar-refractivity contribution in [3.63, 3.8) is 0 Å². The third-order valence-electron chi connectivity index (χ3n) is 34.3. The highest BCUT2D eigenvalue weighted by atomic mass is 32.2. The molecule has 0 fully saturated rings. The van der Waals surface area contributed by atoms with Crippen molar-refractivity contribution < 1.29 is 9.47 Å². The Bertz CT molecular complexity index is 5890. The maximum absolute atomic E-state index is 6.55. The summed E-state index contributed by atoms with van der Waals surface area (Å²) in [5.41, 5.74) is 23.6. The van der Waals surface area contributed by atoms with E-state index in [0.29, 0.717) is 33.7 Å². The van der Waals surface area contributed by atoms with Gasteiger partial charge in [0, 0.05) is 48.0 Å². The SMILES string of the molecule is Cc1ccccc1C(C)(C)C[C@](C)(c1ccccc1)C(C)(c1ccccc1)c1ccccc1.Cc1ccccc1CCCC(C)(C)C(C)(C)C.Cc1ccccc1OCCC(C)(C)C(C)(C)C.Cc1ccccc1OC[C@](C)(c1ccccc1)C(C)(c1ccccc1)c1ccccc1.Cc1ccccc1SCCC(C)(C)C(C)(C)C.Cc1ccccc1SC[C@](C)(c1ccccc1)C(C)(c1ccccc1)c1ccccc1. The summed E-state index contributed by atoms with van der Waals surface area (Å²) >= 11 is 3.96. The van der Waals surface area contributed by atoms with Crippen molar-refractivity contribution >= 4 is 23.5 Å². The van der Waals surface area contributed by atoms with E-state index in [4.69, 9.17) is 9.47 Å². The lowest BCUT2D eigenvalue weighted by Gasteiger charge is -2.51. The number of aryl methyl sites for hydroxylation is 7. The quantitative estimate of drug-likeness (QED) is 0.0382. The molecular formula is C142H176O2S2. The van der Waals surface area contributed by atoms with Crippen LogP contribution in [0.1, 0.15) is 286 Å². The maximum atomic E-state index is 6.55. The molecule has 0 spiro atoms. The van der Waals surface area contributed by atoms with Gasteiger partial charge in [-0.05, 0) is 243 Å². The van der Waals surface area contributed by atoms with Gasteiger partial charge in [-0.1, -0.05) is 554 Å². The molecular weight excluding hydrogens is 1800 g/mol. The molecule has 0 aliphatic carbocycles. The van der Waals surface area contributed by atoms with Gasteiger partial charge in [0.2, 0.25) is 0 Å². The van der Waals surface area contributed by atoms with Crippen molar-refractivity contribution in [3.05, 3.63) is 513 Å². The summed E-state index contributed by atoms with van der Waals surface area (Å²) in [5, 5.41) is 0. The summed E-state index contributed by atoms with van der Waals surface area (Å²) < 4.78 is 12.4. The minimum absolute atomic E-state index is 0.0131. The zero-order valence-corrected chi connectivity index (χ0v) is 96.2. The van der Waals surface area contributed by atoms with Gasteiger partial charge in [-0.2, -0.15) is 0 Å². The van der Waals surface area contributed by atoms with Crippen LogP contribution >= 0.6 is 23.5 Å². The molecule has 0 radical (unpaired) electrons. The molecule has 15 rings (SSSR count). The van der Waals surface area contributed by atoms with Crippen LogP contribution in [-0.4, -0.2) is 24.7 Å². The molecule has 768 valence electrons. The molecule has 0 saturated heterocycles. The van der Waals surface area contributed by atoms with Gasteiger partial charge in [-0.15, -0.1) is 23.5 Å². The van der Waals surface area contributed by atoms with Gasteiger partial charge < -0.3 is 9.47 Å². The number of hydrogen-bond donors (Lipinski definition) is 0. The van der Waals surface area contributed by atoms with Gasteiger partial charge in [-0.3, -0.25) is 0 Å². The average Bonchev–Trinajstić information content (AvgIpc) is 0.737. The Kier molecular flexibility index (Phi) is 41.5. The average molecular weight is 1980 g/mol. The monoisotopic (exact) mass is 1980 g/mol. The number of benzene rings is 15. The van der Waals surface area contributed by atoms with Crippen molar-refractivity contribution in [1.82, 2.24) is 0 Å². The minimum atomic E-state index is -0.320. The van der Waals surface area contributed by atoms with Crippen molar-refractivity contribution in [2.24, 2.45) is 32.5 Å². The molecule has 0 unspecified atom stereocenters. The Hall–Kier alpha value is -11.4. The van der Waals surface area contributed by atoms with Crippen LogP contribution in [0, 0.1) is 74.0 Å². The van der Waals surface area contributed by atoms with Crippen LogP contribution in [0.5, 0.6) is 11.5 Å². The lowest BCUT2D eigenvalue weighted by molar-refractivity contribution is 0.0957. The van der Waals surface area contributed by atoms with E-state index in [1.165, 1.54) is 130 Å². The molecule has 0 aromatic heterocycles. The third-order valence-corrected chi connectivity index (χ3v) is 37.0. The second kappa shape index (κ2) is 52.0. The van der Waals surface area contributed by atoms with Crippen LogP contribution in [0.15, 0.2) is 428 Å².